The lowest BCUT2D eigenvalue weighted by Crippen LogP contribution is -2.03. The molecule has 0 aliphatic heterocycles. The number of aromatic nitrogens is 3. The van der Waals surface area contributed by atoms with E-state index in [0.717, 1.165) is 11.1 Å². The normalized spacial score (nSPS) is 10.6. The van der Waals surface area contributed by atoms with E-state index in [-0.39, 0.29) is 6.61 Å². The van der Waals surface area contributed by atoms with Crippen molar-refractivity contribution >= 4 is 0 Å². The predicted molar refractivity (Wildman–Crippen MR) is 59.4 cm³/mol. The third kappa shape index (κ3) is 2.44. The Morgan fingerprint density at radius 1 is 1.19 bits per heavy atom. The summed E-state index contributed by atoms with van der Waals surface area (Å²) in [5.74, 6) is 0.645. The molecule has 2 rings (SSSR count). The molecular weight excluding hydrogens is 204 g/mol. The third-order valence-corrected chi connectivity index (χ3v) is 2.32. The molecule has 0 amide bonds. The van der Waals surface area contributed by atoms with Gasteiger partial charge < -0.3 is 10.8 Å². The Kier molecular flexibility index (Phi) is 3.28. The molecule has 2 aromatic rings. The van der Waals surface area contributed by atoms with E-state index < -0.39 is 0 Å². The van der Waals surface area contributed by atoms with Gasteiger partial charge in [-0.3, -0.25) is 0 Å². The molecule has 0 spiro atoms. The Hall–Kier alpha value is -1.72. The largest absolute Gasteiger partial charge is 0.392 e. The van der Waals surface area contributed by atoms with Crippen LogP contribution in [0.5, 0.6) is 0 Å². The lowest BCUT2D eigenvalue weighted by molar-refractivity contribution is 0.282. The summed E-state index contributed by atoms with van der Waals surface area (Å²) in [6.45, 7) is 1.09. The van der Waals surface area contributed by atoms with Crippen LogP contribution in [0, 0.1) is 0 Å². The molecule has 5 heteroatoms. The van der Waals surface area contributed by atoms with Gasteiger partial charge in [-0.2, -0.15) is 5.10 Å². The molecule has 16 heavy (non-hydrogen) atoms. The number of hydrogen-bond acceptors (Lipinski definition) is 4. The van der Waals surface area contributed by atoms with Crippen molar-refractivity contribution in [3.8, 4) is 0 Å². The molecule has 3 N–H and O–H groups in total. The molecule has 5 nitrogen and oxygen atoms in total. The summed E-state index contributed by atoms with van der Waals surface area (Å²) in [7, 11) is 0. The highest BCUT2D eigenvalue weighted by Gasteiger charge is 1.99. The highest BCUT2D eigenvalue weighted by Crippen LogP contribution is 2.05. The fourth-order valence-corrected chi connectivity index (χ4v) is 1.44. The van der Waals surface area contributed by atoms with Crippen molar-refractivity contribution in [2.45, 2.75) is 19.7 Å². The van der Waals surface area contributed by atoms with Crippen LogP contribution in [0.15, 0.2) is 30.6 Å². The van der Waals surface area contributed by atoms with Crippen molar-refractivity contribution in [2.75, 3.05) is 0 Å². The van der Waals surface area contributed by atoms with Crippen molar-refractivity contribution in [3.63, 3.8) is 0 Å². The summed E-state index contributed by atoms with van der Waals surface area (Å²) < 4.78 is 1.75. The molecule has 0 fully saturated rings. The number of nitrogens with two attached hydrogens (primary N) is 1. The van der Waals surface area contributed by atoms with Gasteiger partial charge in [0, 0.05) is 0 Å². The van der Waals surface area contributed by atoms with Gasteiger partial charge in [0.05, 0.1) is 19.7 Å². The van der Waals surface area contributed by atoms with Gasteiger partial charge in [0.1, 0.15) is 6.33 Å². The van der Waals surface area contributed by atoms with Gasteiger partial charge in [-0.1, -0.05) is 24.3 Å². The van der Waals surface area contributed by atoms with Crippen LogP contribution in [0.1, 0.15) is 17.0 Å². The maximum atomic E-state index is 8.91. The summed E-state index contributed by atoms with van der Waals surface area (Å²) in [6, 6.07) is 7.73. The molecular formula is C11H14N4O. The minimum Gasteiger partial charge on any atom is -0.392 e. The number of aliphatic hydroxyl groups excluding tert-OH is 1. The number of rotatable bonds is 4. The third-order valence-electron chi connectivity index (χ3n) is 2.32. The smallest absolute Gasteiger partial charge is 0.164 e. The van der Waals surface area contributed by atoms with Gasteiger partial charge in [-0.25, -0.2) is 9.67 Å². The maximum Gasteiger partial charge on any atom is 0.164 e. The molecule has 0 aliphatic rings. The molecule has 0 aliphatic carbocycles. The Balaban J connectivity index is 2.08. The summed E-state index contributed by atoms with van der Waals surface area (Å²) >= 11 is 0. The number of aliphatic hydroxyl groups is 1. The first kappa shape index (κ1) is 10.8. The predicted octanol–water partition coefficient (Wildman–Crippen LogP) is 0.277. The van der Waals surface area contributed by atoms with Crippen LogP contribution in [0.25, 0.3) is 0 Å². The highest BCUT2D eigenvalue weighted by atomic mass is 16.3. The molecule has 0 saturated carbocycles. The second-order valence-corrected chi connectivity index (χ2v) is 3.54. The first-order valence-corrected chi connectivity index (χ1v) is 5.09. The van der Waals surface area contributed by atoms with Crippen molar-refractivity contribution in [1.82, 2.24) is 14.8 Å². The molecule has 1 aromatic heterocycles. The molecule has 1 aromatic carbocycles. The van der Waals surface area contributed by atoms with E-state index in [1.807, 2.05) is 24.3 Å². The van der Waals surface area contributed by atoms with Gasteiger partial charge in [0.15, 0.2) is 5.82 Å². The van der Waals surface area contributed by atoms with E-state index >= 15 is 0 Å². The van der Waals surface area contributed by atoms with Gasteiger partial charge in [-0.15, -0.1) is 0 Å². The maximum absolute atomic E-state index is 8.91. The van der Waals surface area contributed by atoms with Crippen LogP contribution in [0.2, 0.25) is 0 Å². The minimum absolute atomic E-state index is 0.0704. The lowest BCUT2D eigenvalue weighted by Gasteiger charge is -2.02. The fraction of sp³-hybridized carbons (Fsp3) is 0.273. The Labute approximate surface area is 93.5 Å². The molecule has 0 radical (unpaired) electrons. The molecule has 84 valence electrons. The van der Waals surface area contributed by atoms with E-state index in [2.05, 4.69) is 10.1 Å². The topological polar surface area (TPSA) is 77.0 Å². The quantitative estimate of drug-likeness (QED) is 0.772. The van der Waals surface area contributed by atoms with Crippen LogP contribution in [0.4, 0.5) is 0 Å². The zero-order valence-corrected chi connectivity index (χ0v) is 8.87. The Bertz CT molecular complexity index is 449. The van der Waals surface area contributed by atoms with Crippen molar-refractivity contribution < 1.29 is 5.11 Å². The SMILES string of the molecule is NCc1ncn(Cc2ccc(CO)cc2)n1. The first-order chi connectivity index (χ1) is 7.81. The molecule has 0 bridgehead atoms. The molecule has 0 atom stereocenters. The van der Waals surface area contributed by atoms with Crippen LogP contribution in [-0.4, -0.2) is 19.9 Å². The van der Waals surface area contributed by atoms with E-state index in [1.54, 1.807) is 11.0 Å². The minimum atomic E-state index is 0.0704. The number of benzene rings is 1. The van der Waals surface area contributed by atoms with Gasteiger partial charge in [0.25, 0.3) is 0 Å². The average molecular weight is 218 g/mol. The van der Waals surface area contributed by atoms with E-state index in [9.17, 15) is 0 Å². The van der Waals surface area contributed by atoms with Crippen LogP contribution >= 0.6 is 0 Å². The standard InChI is InChI=1S/C11H14N4O/c12-5-11-13-8-15(14-11)6-9-1-3-10(7-16)4-2-9/h1-4,8,16H,5-7,12H2. The van der Waals surface area contributed by atoms with E-state index in [4.69, 9.17) is 10.8 Å². The van der Waals surface area contributed by atoms with E-state index in [1.165, 1.54) is 0 Å². The van der Waals surface area contributed by atoms with E-state index in [0.29, 0.717) is 18.9 Å². The van der Waals surface area contributed by atoms with Gasteiger partial charge >= 0.3 is 0 Å². The zero-order valence-electron chi connectivity index (χ0n) is 8.87. The van der Waals surface area contributed by atoms with Crippen LogP contribution in [-0.2, 0) is 19.7 Å². The van der Waals surface area contributed by atoms with Gasteiger partial charge in [-0.05, 0) is 11.1 Å². The van der Waals surface area contributed by atoms with Gasteiger partial charge in [0.2, 0.25) is 0 Å². The first-order valence-electron chi connectivity index (χ1n) is 5.09. The van der Waals surface area contributed by atoms with Crippen molar-refractivity contribution in [2.24, 2.45) is 5.73 Å². The zero-order chi connectivity index (χ0) is 11.4. The number of hydrogen-bond donors (Lipinski definition) is 2. The van der Waals surface area contributed by atoms with Crippen LogP contribution < -0.4 is 5.73 Å². The summed E-state index contributed by atoms with van der Waals surface area (Å²) in [4.78, 5) is 4.05. The summed E-state index contributed by atoms with van der Waals surface area (Å²) in [5.41, 5.74) is 7.45. The number of nitrogens with zero attached hydrogens (tertiary/aromatic N) is 3. The molecule has 1 heterocycles. The second-order valence-electron chi connectivity index (χ2n) is 3.54. The molecule has 0 saturated heterocycles. The lowest BCUT2D eigenvalue weighted by atomic mass is 10.1. The second kappa shape index (κ2) is 4.87. The van der Waals surface area contributed by atoms with Crippen LogP contribution in [0.3, 0.4) is 0 Å². The van der Waals surface area contributed by atoms with Crippen molar-refractivity contribution in [1.29, 1.82) is 0 Å². The fourth-order valence-electron chi connectivity index (χ4n) is 1.44. The monoisotopic (exact) mass is 218 g/mol. The summed E-state index contributed by atoms with van der Waals surface area (Å²) in [5, 5.41) is 13.1. The molecule has 0 unspecified atom stereocenters. The average Bonchev–Trinajstić information content (AvgIpc) is 2.78. The van der Waals surface area contributed by atoms with Crippen molar-refractivity contribution in [3.05, 3.63) is 47.5 Å². The highest BCUT2D eigenvalue weighted by molar-refractivity contribution is 5.21. The Morgan fingerprint density at radius 3 is 2.44 bits per heavy atom. The Morgan fingerprint density at radius 2 is 1.88 bits per heavy atom. The summed E-state index contributed by atoms with van der Waals surface area (Å²) in [6.07, 6.45) is 1.67.